The molecule has 0 fully saturated rings. The highest BCUT2D eigenvalue weighted by Crippen LogP contribution is 2.26. The summed E-state index contributed by atoms with van der Waals surface area (Å²) in [6.45, 7) is 9.52. The Balaban J connectivity index is 2.89. The van der Waals surface area contributed by atoms with Gasteiger partial charge >= 0.3 is 0 Å². The minimum Gasteiger partial charge on any atom is -0.491 e. The lowest BCUT2D eigenvalue weighted by Crippen LogP contribution is -2.30. The molecule has 0 radical (unpaired) electrons. The van der Waals surface area contributed by atoms with E-state index in [2.05, 4.69) is 37.4 Å². The standard InChI is InChI=1S/C14H23NO/c1-11(2)16-13-8-6-7-12(9-13)14(3,4)10-15-5/h6-9,11,15H,10H2,1-5H3. The van der Waals surface area contributed by atoms with E-state index in [1.165, 1.54) is 5.56 Å². The van der Waals surface area contributed by atoms with Gasteiger partial charge in [-0.3, -0.25) is 0 Å². The summed E-state index contributed by atoms with van der Waals surface area (Å²) in [7, 11) is 1.98. The third-order valence-electron chi connectivity index (χ3n) is 2.61. The Morgan fingerprint density at radius 1 is 1.31 bits per heavy atom. The molecule has 0 atom stereocenters. The monoisotopic (exact) mass is 221 g/mol. The maximum atomic E-state index is 5.71. The number of rotatable bonds is 5. The van der Waals surface area contributed by atoms with Gasteiger partial charge in [0.25, 0.3) is 0 Å². The molecule has 16 heavy (non-hydrogen) atoms. The van der Waals surface area contributed by atoms with E-state index in [1.807, 2.05) is 27.0 Å². The first kappa shape index (κ1) is 13.0. The van der Waals surface area contributed by atoms with Crippen LogP contribution in [0.15, 0.2) is 24.3 Å². The Morgan fingerprint density at radius 2 is 2.00 bits per heavy atom. The maximum Gasteiger partial charge on any atom is 0.119 e. The van der Waals surface area contributed by atoms with Crippen LogP contribution in [0.25, 0.3) is 0 Å². The molecule has 90 valence electrons. The van der Waals surface area contributed by atoms with E-state index in [-0.39, 0.29) is 11.5 Å². The van der Waals surface area contributed by atoms with Crippen molar-refractivity contribution in [1.82, 2.24) is 5.32 Å². The van der Waals surface area contributed by atoms with Crippen molar-refractivity contribution < 1.29 is 4.74 Å². The fourth-order valence-electron chi connectivity index (χ4n) is 1.81. The lowest BCUT2D eigenvalue weighted by Gasteiger charge is -2.25. The van der Waals surface area contributed by atoms with Gasteiger partial charge in [-0.1, -0.05) is 26.0 Å². The van der Waals surface area contributed by atoms with Crippen LogP contribution >= 0.6 is 0 Å². The summed E-state index contributed by atoms with van der Waals surface area (Å²) < 4.78 is 5.71. The van der Waals surface area contributed by atoms with Gasteiger partial charge < -0.3 is 10.1 Å². The quantitative estimate of drug-likeness (QED) is 0.825. The largest absolute Gasteiger partial charge is 0.491 e. The summed E-state index contributed by atoms with van der Waals surface area (Å²) in [5.41, 5.74) is 1.44. The van der Waals surface area contributed by atoms with Gasteiger partial charge in [0.2, 0.25) is 0 Å². The van der Waals surface area contributed by atoms with Gasteiger partial charge in [-0.15, -0.1) is 0 Å². The molecular weight excluding hydrogens is 198 g/mol. The molecule has 0 spiro atoms. The molecule has 1 N–H and O–H groups in total. The van der Waals surface area contributed by atoms with Crippen molar-refractivity contribution in [2.24, 2.45) is 0 Å². The first-order valence-corrected chi connectivity index (χ1v) is 5.87. The predicted octanol–water partition coefficient (Wildman–Crippen LogP) is 2.97. The van der Waals surface area contributed by atoms with Crippen LogP contribution in [0.2, 0.25) is 0 Å². The number of benzene rings is 1. The summed E-state index contributed by atoms with van der Waals surface area (Å²) in [5.74, 6) is 0.955. The van der Waals surface area contributed by atoms with Crippen molar-refractivity contribution >= 4 is 0 Å². The summed E-state index contributed by atoms with van der Waals surface area (Å²) >= 11 is 0. The molecule has 1 aromatic rings. The molecule has 2 nitrogen and oxygen atoms in total. The van der Waals surface area contributed by atoms with Crippen molar-refractivity contribution in [3.05, 3.63) is 29.8 Å². The van der Waals surface area contributed by atoms with Crippen LogP contribution in [-0.2, 0) is 5.41 Å². The van der Waals surface area contributed by atoms with Crippen LogP contribution in [-0.4, -0.2) is 19.7 Å². The molecule has 0 amide bonds. The molecule has 1 rings (SSSR count). The summed E-state index contributed by atoms with van der Waals surface area (Å²) in [6.07, 6.45) is 0.225. The van der Waals surface area contributed by atoms with E-state index >= 15 is 0 Å². The zero-order chi connectivity index (χ0) is 12.2. The number of likely N-dealkylation sites (N-methyl/N-ethyl adjacent to an activating group) is 1. The molecule has 0 aliphatic carbocycles. The first-order chi connectivity index (χ1) is 7.45. The van der Waals surface area contributed by atoms with Crippen molar-refractivity contribution in [3.8, 4) is 5.75 Å². The third-order valence-corrected chi connectivity index (χ3v) is 2.61. The molecule has 0 aromatic heterocycles. The highest BCUT2D eigenvalue weighted by atomic mass is 16.5. The second kappa shape index (κ2) is 5.35. The highest BCUT2D eigenvalue weighted by Gasteiger charge is 2.19. The Labute approximate surface area is 99.0 Å². The van der Waals surface area contributed by atoms with Gasteiger partial charge in [0.05, 0.1) is 6.10 Å². The van der Waals surface area contributed by atoms with Crippen molar-refractivity contribution in [2.75, 3.05) is 13.6 Å². The van der Waals surface area contributed by atoms with Gasteiger partial charge in [-0.25, -0.2) is 0 Å². The van der Waals surface area contributed by atoms with Crippen molar-refractivity contribution in [1.29, 1.82) is 0 Å². The van der Waals surface area contributed by atoms with Crippen LogP contribution in [0.4, 0.5) is 0 Å². The number of nitrogens with one attached hydrogen (secondary N) is 1. The third kappa shape index (κ3) is 3.53. The van der Waals surface area contributed by atoms with E-state index < -0.39 is 0 Å². The molecule has 1 aromatic carbocycles. The Hall–Kier alpha value is -1.02. The molecular formula is C14H23NO. The van der Waals surface area contributed by atoms with E-state index in [4.69, 9.17) is 4.74 Å². The summed E-state index contributed by atoms with van der Waals surface area (Å²) in [4.78, 5) is 0. The number of hydrogen-bond donors (Lipinski definition) is 1. The van der Waals surface area contributed by atoms with E-state index in [9.17, 15) is 0 Å². The Bertz CT molecular complexity index is 331. The molecule has 0 unspecified atom stereocenters. The number of ether oxygens (including phenoxy) is 1. The fourth-order valence-corrected chi connectivity index (χ4v) is 1.81. The smallest absolute Gasteiger partial charge is 0.119 e. The zero-order valence-electron chi connectivity index (χ0n) is 11.0. The van der Waals surface area contributed by atoms with E-state index in [0.717, 1.165) is 12.3 Å². The molecule has 2 heteroatoms. The van der Waals surface area contributed by atoms with Crippen LogP contribution in [0, 0.1) is 0 Å². The van der Waals surface area contributed by atoms with Gasteiger partial charge in [0, 0.05) is 12.0 Å². The first-order valence-electron chi connectivity index (χ1n) is 5.87. The summed E-state index contributed by atoms with van der Waals surface area (Å²) in [5, 5.41) is 3.23. The average molecular weight is 221 g/mol. The van der Waals surface area contributed by atoms with Gasteiger partial charge in [0.15, 0.2) is 0 Å². The van der Waals surface area contributed by atoms with Crippen LogP contribution in [0.5, 0.6) is 5.75 Å². The Kier molecular flexibility index (Phi) is 4.36. The van der Waals surface area contributed by atoms with E-state index in [1.54, 1.807) is 0 Å². The van der Waals surface area contributed by atoms with Crippen LogP contribution < -0.4 is 10.1 Å². The van der Waals surface area contributed by atoms with Crippen molar-refractivity contribution in [2.45, 2.75) is 39.2 Å². The van der Waals surface area contributed by atoms with Gasteiger partial charge in [-0.2, -0.15) is 0 Å². The predicted molar refractivity (Wildman–Crippen MR) is 69.2 cm³/mol. The maximum absolute atomic E-state index is 5.71. The van der Waals surface area contributed by atoms with E-state index in [0.29, 0.717) is 0 Å². The minimum absolute atomic E-state index is 0.130. The normalized spacial score (nSPS) is 11.9. The van der Waals surface area contributed by atoms with Crippen LogP contribution in [0.3, 0.4) is 0 Å². The average Bonchev–Trinajstić information content (AvgIpc) is 2.17. The SMILES string of the molecule is CNCC(C)(C)c1cccc(OC(C)C)c1. The topological polar surface area (TPSA) is 21.3 Å². The molecule has 0 heterocycles. The van der Waals surface area contributed by atoms with Gasteiger partial charge in [-0.05, 0) is 38.6 Å². The molecule has 0 aliphatic rings. The lowest BCUT2D eigenvalue weighted by molar-refractivity contribution is 0.242. The zero-order valence-corrected chi connectivity index (χ0v) is 11.0. The minimum atomic E-state index is 0.130. The second-order valence-corrected chi connectivity index (χ2v) is 5.11. The Morgan fingerprint density at radius 3 is 2.56 bits per heavy atom. The molecule has 0 aliphatic heterocycles. The number of hydrogen-bond acceptors (Lipinski definition) is 2. The fraction of sp³-hybridized carbons (Fsp3) is 0.571. The molecule has 0 saturated heterocycles. The van der Waals surface area contributed by atoms with Crippen molar-refractivity contribution in [3.63, 3.8) is 0 Å². The van der Waals surface area contributed by atoms with Crippen LogP contribution in [0.1, 0.15) is 33.3 Å². The molecule has 0 saturated carbocycles. The molecule has 0 bridgehead atoms. The second-order valence-electron chi connectivity index (χ2n) is 5.11. The lowest BCUT2D eigenvalue weighted by atomic mass is 9.84. The van der Waals surface area contributed by atoms with Gasteiger partial charge in [0.1, 0.15) is 5.75 Å². The summed E-state index contributed by atoms with van der Waals surface area (Å²) in [6, 6.07) is 8.37. The highest BCUT2D eigenvalue weighted by molar-refractivity contribution is 5.33.